The molecule has 5 heteroatoms. The summed E-state index contributed by atoms with van der Waals surface area (Å²) in [7, 11) is 0. The van der Waals surface area contributed by atoms with Crippen LogP contribution >= 0.6 is 0 Å². The van der Waals surface area contributed by atoms with Crippen molar-refractivity contribution in [1.29, 1.82) is 0 Å². The van der Waals surface area contributed by atoms with Crippen molar-refractivity contribution in [3.63, 3.8) is 0 Å². The first kappa shape index (κ1) is 24.4. The van der Waals surface area contributed by atoms with Gasteiger partial charge in [0.15, 0.2) is 0 Å². The lowest BCUT2D eigenvalue weighted by atomic mass is 9.98. The highest BCUT2D eigenvalue weighted by Crippen LogP contribution is 2.19. The minimum Gasteiger partial charge on any atom is -0.352 e. The summed E-state index contributed by atoms with van der Waals surface area (Å²) in [6, 6.07) is 8.41. The Hall–Kier alpha value is -1.88. The molecule has 0 spiro atoms. The van der Waals surface area contributed by atoms with Crippen molar-refractivity contribution in [3.8, 4) is 0 Å². The highest BCUT2D eigenvalue weighted by Gasteiger charge is 2.17. The Morgan fingerprint density at radius 3 is 2.30 bits per heavy atom. The van der Waals surface area contributed by atoms with Crippen LogP contribution in [0, 0.1) is 5.92 Å². The number of amides is 2. The molecule has 0 atom stereocenters. The smallest absolute Gasteiger partial charge is 0.222 e. The summed E-state index contributed by atoms with van der Waals surface area (Å²) in [5.41, 5.74) is 2.50. The molecule has 0 unspecified atom stereocenters. The quantitative estimate of drug-likeness (QED) is 0.552. The molecule has 1 heterocycles. The molecule has 0 saturated carbocycles. The number of rotatable bonds is 12. The van der Waals surface area contributed by atoms with Crippen molar-refractivity contribution >= 4 is 11.8 Å². The standard InChI is InChI=1S/C25H41N3O2/c1-4-15-28(16-5-2)25(30)12-8-11-24(29)26-19-22-9-6-7-10-23(22)20-27-17-13-21(3)14-18-27/h6-7,9-10,21H,4-5,8,11-20H2,1-3H3,(H,26,29). The minimum absolute atomic E-state index is 0.0296. The van der Waals surface area contributed by atoms with Gasteiger partial charge < -0.3 is 10.2 Å². The predicted molar refractivity (Wildman–Crippen MR) is 123 cm³/mol. The number of carbonyl (C=O) groups is 2. The van der Waals surface area contributed by atoms with Gasteiger partial charge in [0.2, 0.25) is 11.8 Å². The van der Waals surface area contributed by atoms with Crippen molar-refractivity contribution in [3.05, 3.63) is 35.4 Å². The molecule has 1 N–H and O–H groups in total. The van der Waals surface area contributed by atoms with E-state index in [1.807, 2.05) is 11.0 Å². The second-order valence-electron chi connectivity index (χ2n) is 8.74. The van der Waals surface area contributed by atoms with E-state index in [0.29, 0.717) is 25.8 Å². The Labute approximate surface area is 183 Å². The van der Waals surface area contributed by atoms with Crippen LogP contribution in [0.5, 0.6) is 0 Å². The fourth-order valence-corrected chi connectivity index (χ4v) is 4.09. The van der Waals surface area contributed by atoms with E-state index in [4.69, 9.17) is 0 Å². The molecule has 0 aliphatic carbocycles. The number of hydrogen-bond donors (Lipinski definition) is 1. The number of nitrogens with zero attached hydrogens (tertiary/aromatic N) is 2. The van der Waals surface area contributed by atoms with E-state index in [9.17, 15) is 9.59 Å². The van der Waals surface area contributed by atoms with Crippen LogP contribution in [0.2, 0.25) is 0 Å². The van der Waals surface area contributed by atoms with Gasteiger partial charge in [-0.05, 0) is 62.2 Å². The number of hydrogen-bond acceptors (Lipinski definition) is 3. The van der Waals surface area contributed by atoms with Crippen LogP contribution in [-0.2, 0) is 22.7 Å². The molecular formula is C25H41N3O2. The number of piperidine rings is 1. The molecule has 5 nitrogen and oxygen atoms in total. The van der Waals surface area contributed by atoms with Crippen LogP contribution < -0.4 is 5.32 Å². The highest BCUT2D eigenvalue weighted by atomic mass is 16.2. The first-order chi connectivity index (χ1) is 14.5. The molecule has 1 aromatic carbocycles. The molecule has 1 aromatic rings. The Morgan fingerprint density at radius 1 is 1.03 bits per heavy atom. The fraction of sp³-hybridized carbons (Fsp3) is 0.680. The average molecular weight is 416 g/mol. The molecular weight excluding hydrogens is 374 g/mol. The van der Waals surface area contributed by atoms with Gasteiger partial charge in [-0.1, -0.05) is 45.0 Å². The van der Waals surface area contributed by atoms with Crippen molar-refractivity contribution in [2.45, 2.75) is 78.8 Å². The second-order valence-corrected chi connectivity index (χ2v) is 8.74. The van der Waals surface area contributed by atoms with Crippen molar-refractivity contribution in [2.75, 3.05) is 26.2 Å². The van der Waals surface area contributed by atoms with E-state index >= 15 is 0 Å². The van der Waals surface area contributed by atoms with E-state index in [2.05, 4.69) is 49.2 Å². The monoisotopic (exact) mass is 415 g/mol. The normalized spacial score (nSPS) is 15.2. The van der Waals surface area contributed by atoms with Gasteiger partial charge in [-0.15, -0.1) is 0 Å². The third kappa shape index (κ3) is 8.47. The Bertz CT molecular complexity index is 648. The molecule has 1 aliphatic rings. The molecule has 168 valence electrons. The van der Waals surface area contributed by atoms with Crippen LogP contribution in [0.4, 0.5) is 0 Å². The summed E-state index contributed by atoms with van der Waals surface area (Å²) < 4.78 is 0. The summed E-state index contributed by atoms with van der Waals surface area (Å²) in [6.07, 6.45) is 5.96. The van der Waals surface area contributed by atoms with Crippen molar-refractivity contribution in [2.24, 2.45) is 5.92 Å². The second kappa shape index (κ2) is 13.4. The van der Waals surface area contributed by atoms with E-state index in [-0.39, 0.29) is 11.8 Å². The van der Waals surface area contributed by atoms with Crippen LogP contribution in [0.25, 0.3) is 0 Å². The topological polar surface area (TPSA) is 52.7 Å². The van der Waals surface area contributed by atoms with Gasteiger partial charge in [-0.3, -0.25) is 14.5 Å². The summed E-state index contributed by atoms with van der Waals surface area (Å²) in [6.45, 7) is 12.0. The first-order valence-corrected chi connectivity index (χ1v) is 11.9. The first-order valence-electron chi connectivity index (χ1n) is 11.9. The highest BCUT2D eigenvalue weighted by molar-refractivity contribution is 5.79. The summed E-state index contributed by atoms with van der Waals surface area (Å²) in [5, 5.41) is 3.05. The minimum atomic E-state index is 0.0296. The number of benzene rings is 1. The molecule has 0 aromatic heterocycles. The zero-order valence-corrected chi connectivity index (χ0v) is 19.3. The largest absolute Gasteiger partial charge is 0.352 e. The molecule has 30 heavy (non-hydrogen) atoms. The van der Waals surface area contributed by atoms with Crippen LogP contribution in [-0.4, -0.2) is 47.8 Å². The number of likely N-dealkylation sites (tertiary alicyclic amines) is 1. The Balaban J connectivity index is 1.75. The average Bonchev–Trinajstić information content (AvgIpc) is 2.74. The molecule has 0 bridgehead atoms. The third-order valence-corrected chi connectivity index (χ3v) is 6.00. The summed E-state index contributed by atoms with van der Waals surface area (Å²) in [5.74, 6) is 1.04. The van der Waals surface area contributed by atoms with Gasteiger partial charge in [0.05, 0.1) is 0 Å². The lowest BCUT2D eigenvalue weighted by molar-refractivity contribution is -0.131. The molecule has 1 fully saturated rings. The van der Waals surface area contributed by atoms with Gasteiger partial charge in [0, 0.05) is 39.0 Å². The van der Waals surface area contributed by atoms with Gasteiger partial charge in [-0.25, -0.2) is 0 Å². The summed E-state index contributed by atoms with van der Waals surface area (Å²) in [4.78, 5) is 29.1. The molecule has 1 saturated heterocycles. The van der Waals surface area contributed by atoms with E-state index in [0.717, 1.165) is 51.5 Å². The van der Waals surface area contributed by atoms with Crippen LogP contribution in [0.3, 0.4) is 0 Å². The van der Waals surface area contributed by atoms with Crippen LogP contribution in [0.1, 0.15) is 76.8 Å². The maximum atomic E-state index is 12.3. The van der Waals surface area contributed by atoms with Gasteiger partial charge in [-0.2, -0.15) is 0 Å². The molecule has 2 rings (SSSR count). The maximum Gasteiger partial charge on any atom is 0.222 e. The summed E-state index contributed by atoms with van der Waals surface area (Å²) >= 11 is 0. The number of carbonyl (C=O) groups excluding carboxylic acids is 2. The lowest BCUT2D eigenvalue weighted by Gasteiger charge is -2.30. The van der Waals surface area contributed by atoms with E-state index in [1.54, 1.807) is 0 Å². The molecule has 0 radical (unpaired) electrons. The Morgan fingerprint density at radius 2 is 1.67 bits per heavy atom. The zero-order chi connectivity index (χ0) is 21.8. The van der Waals surface area contributed by atoms with Gasteiger partial charge in [0.25, 0.3) is 0 Å². The number of nitrogens with one attached hydrogen (secondary N) is 1. The van der Waals surface area contributed by atoms with Gasteiger partial charge >= 0.3 is 0 Å². The zero-order valence-electron chi connectivity index (χ0n) is 19.3. The lowest BCUT2D eigenvalue weighted by Crippen LogP contribution is -2.33. The molecule has 1 aliphatic heterocycles. The van der Waals surface area contributed by atoms with E-state index < -0.39 is 0 Å². The van der Waals surface area contributed by atoms with Crippen molar-refractivity contribution < 1.29 is 9.59 Å². The van der Waals surface area contributed by atoms with Crippen LogP contribution in [0.15, 0.2) is 24.3 Å². The Kier molecular flexibility index (Phi) is 10.9. The molecule has 2 amide bonds. The van der Waals surface area contributed by atoms with E-state index in [1.165, 1.54) is 24.0 Å². The fourth-order valence-electron chi connectivity index (χ4n) is 4.09. The van der Waals surface area contributed by atoms with Crippen molar-refractivity contribution in [1.82, 2.24) is 15.1 Å². The predicted octanol–water partition coefficient (Wildman–Crippen LogP) is 4.35. The SMILES string of the molecule is CCCN(CCC)C(=O)CCCC(=O)NCc1ccccc1CN1CCC(C)CC1. The maximum absolute atomic E-state index is 12.3. The van der Waals surface area contributed by atoms with Gasteiger partial charge in [0.1, 0.15) is 0 Å². The third-order valence-electron chi connectivity index (χ3n) is 6.00.